The van der Waals surface area contributed by atoms with Gasteiger partial charge in [0.25, 0.3) is 5.91 Å². The maximum Gasteiger partial charge on any atom is 0.310 e. The van der Waals surface area contributed by atoms with Gasteiger partial charge >= 0.3 is 11.9 Å². The molecule has 1 N–H and O–H groups in total. The monoisotopic (exact) mass is 357 g/mol. The van der Waals surface area contributed by atoms with Crippen LogP contribution in [0.15, 0.2) is 24.3 Å². The quantitative estimate of drug-likeness (QED) is 0.634. The summed E-state index contributed by atoms with van der Waals surface area (Å²) in [6.45, 7) is 1.05. The molecule has 1 aromatic carbocycles. The minimum absolute atomic E-state index is 0.0391. The van der Waals surface area contributed by atoms with Gasteiger partial charge in [-0.2, -0.15) is 0 Å². The molecular weight excluding hydrogens is 338 g/mol. The summed E-state index contributed by atoms with van der Waals surface area (Å²) in [4.78, 5) is 47.6. The summed E-state index contributed by atoms with van der Waals surface area (Å²) in [5.41, 5.74) is 1.06. The number of Topliss-reactive ketones (excluding diaryl/α,β-unsaturated/α-hetero) is 1. The Balaban J connectivity index is 1.31. The van der Waals surface area contributed by atoms with Crippen LogP contribution < -0.4 is 5.32 Å². The lowest BCUT2D eigenvalue weighted by Gasteiger charge is -2.22. The Kier molecular flexibility index (Phi) is 4.01. The van der Waals surface area contributed by atoms with Gasteiger partial charge in [-0.15, -0.1) is 0 Å². The fourth-order valence-corrected chi connectivity index (χ4v) is 4.54. The largest absolute Gasteiger partial charge is 0.462 e. The second kappa shape index (κ2) is 6.23. The molecule has 2 aliphatic carbocycles. The molecule has 2 bridgehead atoms. The van der Waals surface area contributed by atoms with Gasteiger partial charge in [-0.3, -0.25) is 19.2 Å². The average molecular weight is 357 g/mol. The van der Waals surface area contributed by atoms with E-state index in [0.717, 1.165) is 6.42 Å². The Hall–Kier alpha value is -2.70. The summed E-state index contributed by atoms with van der Waals surface area (Å²) < 4.78 is 10.5. The van der Waals surface area contributed by atoms with E-state index in [2.05, 4.69) is 5.32 Å². The summed E-state index contributed by atoms with van der Waals surface area (Å²) >= 11 is 0. The highest BCUT2D eigenvalue weighted by molar-refractivity contribution is 5.96. The second-order valence-electron chi connectivity index (χ2n) is 7.21. The number of ketones is 1. The van der Waals surface area contributed by atoms with E-state index in [0.29, 0.717) is 17.7 Å². The highest BCUT2D eigenvalue weighted by Crippen LogP contribution is 2.57. The van der Waals surface area contributed by atoms with Crippen molar-refractivity contribution in [2.75, 3.05) is 11.9 Å². The summed E-state index contributed by atoms with van der Waals surface area (Å²) in [7, 11) is 0. The van der Waals surface area contributed by atoms with E-state index in [9.17, 15) is 19.2 Å². The third kappa shape index (κ3) is 2.77. The summed E-state index contributed by atoms with van der Waals surface area (Å²) in [6, 6.07) is 6.45. The molecule has 1 saturated heterocycles. The summed E-state index contributed by atoms with van der Waals surface area (Å²) in [5.74, 6) is -2.00. The minimum Gasteiger partial charge on any atom is -0.462 e. The molecule has 2 saturated carbocycles. The molecule has 1 aliphatic heterocycles. The van der Waals surface area contributed by atoms with E-state index in [1.807, 2.05) is 0 Å². The van der Waals surface area contributed by atoms with E-state index >= 15 is 0 Å². The highest BCUT2D eigenvalue weighted by atomic mass is 16.6. The molecule has 136 valence electrons. The molecule has 0 unspecified atom stereocenters. The third-order valence-electron chi connectivity index (χ3n) is 5.68. The van der Waals surface area contributed by atoms with Gasteiger partial charge in [-0.05, 0) is 49.9 Å². The summed E-state index contributed by atoms with van der Waals surface area (Å²) in [6.07, 6.45) is 1.49. The van der Waals surface area contributed by atoms with Gasteiger partial charge in [0.2, 0.25) is 0 Å². The van der Waals surface area contributed by atoms with Crippen molar-refractivity contribution in [3.63, 3.8) is 0 Å². The fourth-order valence-electron chi connectivity index (χ4n) is 4.54. The van der Waals surface area contributed by atoms with E-state index in [1.54, 1.807) is 24.3 Å². The van der Waals surface area contributed by atoms with E-state index in [-0.39, 0.29) is 29.7 Å². The molecule has 3 fully saturated rings. The van der Waals surface area contributed by atoms with Gasteiger partial charge in [0.15, 0.2) is 12.4 Å². The lowest BCUT2D eigenvalue weighted by Crippen LogP contribution is -2.34. The van der Waals surface area contributed by atoms with Crippen molar-refractivity contribution in [2.24, 2.45) is 23.7 Å². The zero-order valence-electron chi connectivity index (χ0n) is 14.3. The predicted molar refractivity (Wildman–Crippen MR) is 89.1 cm³/mol. The SMILES string of the molecule is CC(=O)c1ccc(NC(=O)COC(=O)[C@@H]2[C@@H]3C[C@@H]4[C@@H]2C(=O)O[C@@H]4C3)cc1. The van der Waals surface area contributed by atoms with Crippen LogP contribution in [0.2, 0.25) is 0 Å². The molecule has 7 heteroatoms. The van der Waals surface area contributed by atoms with Crippen LogP contribution in [0.4, 0.5) is 5.69 Å². The fraction of sp³-hybridized carbons (Fsp3) is 0.474. The van der Waals surface area contributed by atoms with Gasteiger partial charge < -0.3 is 14.8 Å². The topological polar surface area (TPSA) is 98.8 Å². The molecule has 7 nitrogen and oxygen atoms in total. The van der Waals surface area contributed by atoms with Crippen LogP contribution in [-0.4, -0.2) is 36.3 Å². The van der Waals surface area contributed by atoms with Crippen molar-refractivity contribution >= 4 is 29.3 Å². The van der Waals surface area contributed by atoms with Crippen LogP contribution in [0.1, 0.15) is 30.1 Å². The maximum absolute atomic E-state index is 12.4. The number of amides is 1. The predicted octanol–water partition coefficient (Wildman–Crippen LogP) is 1.57. The number of esters is 2. The molecule has 0 aromatic heterocycles. The van der Waals surface area contributed by atoms with Gasteiger partial charge in [-0.25, -0.2) is 0 Å². The minimum atomic E-state index is -0.498. The summed E-state index contributed by atoms with van der Waals surface area (Å²) in [5, 5.41) is 2.61. The molecule has 1 heterocycles. The highest BCUT2D eigenvalue weighted by Gasteiger charge is 2.64. The second-order valence-corrected chi connectivity index (χ2v) is 7.21. The molecular formula is C19H19NO6. The lowest BCUT2D eigenvalue weighted by molar-refractivity contribution is -0.157. The number of benzene rings is 1. The van der Waals surface area contributed by atoms with E-state index < -0.39 is 30.3 Å². The molecule has 1 aromatic rings. The Morgan fingerprint density at radius 3 is 2.62 bits per heavy atom. The number of hydrogen-bond acceptors (Lipinski definition) is 6. The Bertz CT molecular complexity index is 784. The first-order valence-corrected chi connectivity index (χ1v) is 8.72. The first-order chi connectivity index (χ1) is 12.4. The normalized spacial score (nSPS) is 30.8. The number of fused-ring (bicyclic) bond motifs is 1. The Labute approximate surface area is 150 Å². The average Bonchev–Trinajstić information content (AvgIpc) is 3.22. The standard InChI is InChI=1S/C19H19NO6/c1-9(21)10-2-4-12(5-3-10)20-15(22)8-25-18(23)16-11-6-13-14(7-11)26-19(24)17(13)16/h2-5,11,13-14,16-17H,6-8H2,1H3,(H,20,22)/t11-,13+,14-,16-,17+/m1/s1. The molecule has 26 heavy (non-hydrogen) atoms. The molecule has 5 atom stereocenters. The number of anilines is 1. The van der Waals surface area contributed by atoms with Crippen molar-refractivity contribution in [3.8, 4) is 0 Å². The number of hydrogen-bond donors (Lipinski definition) is 1. The number of rotatable bonds is 5. The van der Waals surface area contributed by atoms with E-state index in [1.165, 1.54) is 6.92 Å². The van der Waals surface area contributed by atoms with Crippen molar-refractivity contribution in [2.45, 2.75) is 25.9 Å². The first kappa shape index (κ1) is 16.8. The smallest absolute Gasteiger partial charge is 0.310 e. The van der Waals surface area contributed by atoms with Crippen LogP contribution in [-0.2, 0) is 23.9 Å². The first-order valence-electron chi connectivity index (χ1n) is 8.72. The van der Waals surface area contributed by atoms with Gasteiger partial charge in [0.05, 0.1) is 11.8 Å². The Morgan fingerprint density at radius 1 is 1.19 bits per heavy atom. The zero-order valence-corrected chi connectivity index (χ0v) is 14.3. The van der Waals surface area contributed by atoms with Gasteiger partial charge in [0.1, 0.15) is 6.10 Å². The Morgan fingerprint density at radius 2 is 1.92 bits per heavy atom. The van der Waals surface area contributed by atoms with Crippen LogP contribution in [0, 0.1) is 23.7 Å². The number of ether oxygens (including phenoxy) is 2. The molecule has 0 spiro atoms. The number of carbonyl (C=O) groups is 4. The zero-order chi connectivity index (χ0) is 18.4. The lowest BCUT2D eigenvalue weighted by atomic mass is 9.80. The number of nitrogens with one attached hydrogen (secondary N) is 1. The molecule has 4 rings (SSSR count). The van der Waals surface area contributed by atoms with Crippen LogP contribution in [0.25, 0.3) is 0 Å². The third-order valence-corrected chi connectivity index (χ3v) is 5.68. The maximum atomic E-state index is 12.4. The molecule has 1 amide bonds. The van der Waals surface area contributed by atoms with Crippen molar-refractivity contribution in [1.29, 1.82) is 0 Å². The molecule has 3 aliphatic rings. The van der Waals surface area contributed by atoms with Crippen molar-refractivity contribution in [3.05, 3.63) is 29.8 Å². The van der Waals surface area contributed by atoms with Crippen LogP contribution in [0.3, 0.4) is 0 Å². The van der Waals surface area contributed by atoms with Crippen molar-refractivity contribution < 1.29 is 28.7 Å². The van der Waals surface area contributed by atoms with Gasteiger partial charge in [-0.1, -0.05) is 0 Å². The molecule has 0 radical (unpaired) electrons. The van der Waals surface area contributed by atoms with Crippen LogP contribution in [0.5, 0.6) is 0 Å². The number of carbonyl (C=O) groups excluding carboxylic acids is 4. The van der Waals surface area contributed by atoms with Gasteiger partial charge in [0, 0.05) is 17.2 Å². The van der Waals surface area contributed by atoms with E-state index in [4.69, 9.17) is 9.47 Å². The van der Waals surface area contributed by atoms with Crippen molar-refractivity contribution in [1.82, 2.24) is 0 Å². The van der Waals surface area contributed by atoms with Crippen LogP contribution >= 0.6 is 0 Å².